The number of benzene rings is 1. The lowest BCUT2D eigenvalue weighted by Gasteiger charge is -2.09. The van der Waals surface area contributed by atoms with Crippen molar-refractivity contribution in [3.8, 4) is 17.8 Å². The van der Waals surface area contributed by atoms with Crippen molar-refractivity contribution >= 4 is 28.5 Å². The number of ether oxygens (including phenoxy) is 2. The fourth-order valence-electron chi connectivity index (χ4n) is 1.50. The zero-order chi connectivity index (χ0) is 15.1. The van der Waals surface area contributed by atoms with Gasteiger partial charge in [-0.25, -0.2) is 0 Å². The van der Waals surface area contributed by atoms with Crippen LogP contribution in [0.25, 0.3) is 0 Å². The summed E-state index contributed by atoms with van der Waals surface area (Å²) in [6, 6.07) is 8.11. The molecule has 0 fully saturated rings. The molecule has 7 heteroatoms. The molecule has 1 aromatic heterocycles. The lowest BCUT2D eigenvalue weighted by Crippen LogP contribution is -2.08. The maximum atomic E-state index is 5.66. The van der Waals surface area contributed by atoms with Crippen LogP contribution in [-0.4, -0.2) is 28.1 Å². The highest BCUT2D eigenvalue weighted by Gasteiger charge is 2.09. The molecule has 0 amide bonds. The van der Waals surface area contributed by atoms with Gasteiger partial charge < -0.3 is 14.8 Å². The van der Waals surface area contributed by atoms with Crippen LogP contribution < -0.4 is 14.8 Å². The van der Waals surface area contributed by atoms with Crippen LogP contribution in [0.3, 0.4) is 0 Å². The second-order valence-electron chi connectivity index (χ2n) is 4.14. The SMILES string of the molecule is CCCNc1nc(OCC)nc(Oc2ccc(I)cc2)n1. The van der Waals surface area contributed by atoms with Crippen molar-refractivity contribution < 1.29 is 9.47 Å². The van der Waals surface area contributed by atoms with E-state index in [4.69, 9.17) is 9.47 Å². The van der Waals surface area contributed by atoms with Crippen LogP contribution >= 0.6 is 22.6 Å². The first-order valence-corrected chi connectivity index (χ1v) is 7.85. The summed E-state index contributed by atoms with van der Waals surface area (Å²) in [5.74, 6) is 1.13. The minimum atomic E-state index is 0.216. The van der Waals surface area contributed by atoms with Gasteiger partial charge in [0.15, 0.2) is 0 Å². The van der Waals surface area contributed by atoms with Crippen LogP contribution in [0.15, 0.2) is 24.3 Å². The fraction of sp³-hybridized carbons (Fsp3) is 0.357. The van der Waals surface area contributed by atoms with Crippen molar-refractivity contribution in [3.63, 3.8) is 0 Å². The van der Waals surface area contributed by atoms with Gasteiger partial charge in [0.25, 0.3) is 0 Å². The molecule has 0 spiro atoms. The molecule has 2 rings (SSSR count). The molecular weight excluding hydrogens is 383 g/mol. The van der Waals surface area contributed by atoms with Crippen molar-refractivity contribution in [3.05, 3.63) is 27.8 Å². The van der Waals surface area contributed by atoms with Crippen molar-refractivity contribution in [2.24, 2.45) is 0 Å². The van der Waals surface area contributed by atoms with Gasteiger partial charge in [0.05, 0.1) is 6.61 Å². The molecule has 0 radical (unpaired) electrons. The van der Waals surface area contributed by atoms with Crippen LogP contribution in [0.5, 0.6) is 17.8 Å². The summed E-state index contributed by atoms with van der Waals surface area (Å²) >= 11 is 2.24. The van der Waals surface area contributed by atoms with E-state index in [1.54, 1.807) is 0 Å². The highest BCUT2D eigenvalue weighted by molar-refractivity contribution is 14.1. The van der Waals surface area contributed by atoms with Crippen molar-refractivity contribution in [2.75, 3.05) is 18.5 Å². The molecular formula is C14H17IN4O2. The van der Waals surface area contributed by atoms with E-state index >= 15 is 0 Å². The Morgan fingerprint density at radius 1 is 1.05 bits per heavy atom. The van der Waals surface area contributed by atoms with Crippen LogP contribution in [0, 0.1) is 3.57 Å². The molecule has 0 aliphatic rings. The summed E-state index contributed by atoms with van der Waals surface area (Å²) in [5.41, 5.74) is 0. The molecule has 112 valence electrons. The van der Waals surface area contributed by atoms with Gasteiger partial charge >= 0.3 is 12.0 Å². The van der Waals surface area contributed by atoms with Gasteiger partial charge in [-0.15, -0.1) is 4.98 Å². The van der Waals surface area contributed by atoms with Crippen LogP contribution in [0.1, 0.15) is 20.3 Å². The van der Waals surface area contributed by atoms with Gasteiger partial charge in [-0.05, 0) is 60.2 Å². The summed E-state index contributed by atoms with van der Waals surface area (Å²) in [6.45, 7) is 5.21. The number of anilines is 1. The quantitative estimate of drug-likeness (QED) is 0.718. The molecule has 1 aromatic carbocycles. The van der Waals surface area contributed by atoms with Crippen LogP contribution in [0.2, 0.25) is 0 Å². The fourth-order valence-corrected chi connectivity index (χ4v) is 1.86. The highest BCUT2D eigenvalue weighted by atomic mass is 127. The third-order valence-electron chi connectivity index (χ3n) is 2.42. The number of hydrogen-bond donors (Lipinski definition) is 1. The van der Waals surface area contributed by atoms with E-state index in [9.17, 15) is 0 Å². The molecule has 21 heavy (non-hydrogen) atoms. The van der Waals surface area contributed by atoms with E-state index in [0.717, 1.165) is 16.5 Å². The van der Waals surface area contributed by atoms with E-state index in [1.165, 1.54) is 0 Å². The Morgan fingerprint density at radius 2 is 1.76 bits per heavy atom. The van der Waals surface area contributed by atoms with Crippen LogP contribution in [-0.2, 0) is 0 Å². The maximum Gasteiger partial charge on any atom is 0.330 e. The van der Waals surface area contributed by atoms with Crippen molar-refractivity contribution in [1.82, 2.24) is 15.0 Å². The van der Waals surface area contributed by atoms with Gasteiger partial charge in [-0.3, -0.25) is 0 Å². The smallest absolute Gasteiger partial charge is 0.330 e. The topological polar surface area (TPSA) is 69.2 Å². The standard InChI is InChI=1S/C14H17IN4O2/c1-3-9-16-12-17-13(20-4-2)19-14(18-12)21-11-7-5-10(15)6-8-11/h5-8H,3-4,9H2,1-2H3,(H,16,17,18,19). The van der Waals surface area contributed by atoms with Gasteiger partial charge in [-0.1, -0.05) is 6.92 Å². The lowest BCUT2D eigenvalue weighted by atomic mass is 10.3. The van der Waals surface area contributed by atoms with Gasteiger partial charge in [0.2, 0.25) is 5.95 Å². The number of nitrogens with zero attached hydrogens (tertiary/aromatic N) is 3. The number of hydrogen-bond acceptors (Lipinski definition) is 6. The maximum absolute atomic E-state index is 5.66. The zero-order valence-corrected chi connectivity index (χ0v) is 14.1. The molecule has 1 heterocycles. The summed E-state index contributed by atoms with van der Waals surface area (Å²) in [5, 5.41) is 3.11. The van der Waals surface area contributed by atoms with E-state index in [-0.39, 0.29) is 12.0 Å². The Balaban J connectivity index is 2.19. The van der Waals surface area contributed by atoms with Crippen molar-refractivity contribution in [1.29, 1.82) is 0 Å². The predicted molar refractivity (Wildman–Crippen MR) is 89.0 cm³/mol. The average Bonchev–Trinajstić information content (AvgIpc) is 2.48. The van der Waals surface area contributed by atoms with Gasteiger partial charge in [0, 0.05) is 10.1 Å². The highest BCUT2D eigenvalue weighted by Crippen LogP contribution is 2.21. The second-order valence-corrected chi connectivity index (χ2v) is 5.39. The Hall–Kier alpha value is -1.64. The van der Waals surface area contributed by atoms with Crippen LogP contribution in [0.4, 0.5) is 5.95 Å². The van der Waals surface area contributed by atoms with E-state index in [2.05, 4.69) is 49.8 Å². The summed E-state index contributed by atoms with van der Waals surface area (Å²) in [7, 11) is 0. The molecule has 6 nitrogen and oxygen atoms in total. The minimum absolute atomic E-state index is 0.216. The van der Waals surface area contributed by atoms with Crippen molar-refractivity contribution in [2.45, 2.75) is 20.3 Å². The molecule has 0 bridgehead atoms. The monoisotopic (exact) mass is 400 g/mol. The number of nitrogens with one attached hydrogen (secondary N) is 1. The Kier molecular flexibility index (Phi) is 5.97. The number of halogens is 1. The molecule has 0 atom stereocenters. The summed E-state index contributed by atoms with van der Waals surface area (Å²) in [6.07, 6.45) is 0.975. The third-order valence-corrected chi connectivity index (χ3v) is 3.14. The Bertz CT molecular complexity index is 578. The number of aromatic nitrogens is 3. The lowest BCUT2D eigenvalue weighted by molar-refractivity contribution is 0.304. The first-order valence-electron chi connectivity index (χ1n) is 6.77. The largest absolute Gasteiger partial charge is 0.464 e. The molecule has 0 unspecified atom stereocenters. The second kappa shape index (κ2) is 7.96. The average molecular weight is 400 g/mol. The first kappa shape index (κ1) is 15.7. The summed E-state index contributed by atoms with van der Waals surface area (Å²) in [4.78, 5) is 12.6. The Labute approximate surface area is 137 Å². The molecule has 0 saturated carbocycles. The van der Waals surface area contributed by atoms with E-state index in [1.807, 2.05) is 31.2 Å². The molecule has 0 aliphatic carbocycles. The summed E-state index contributed by atoms with van der Waals surface area (Å²) < 4.78 is 12.1. The third kappa shape index (κ3) is 5.00. The first-order chi connectivity index (χ1) is 10.2. The zero-order valence-electron chi connectivity index (χ0n) is 12.0. The minimum Gasteiger partial charge on any atom is -0.464 e. The molecule has 1 N–H and O–H groups in total. The predicted octanol–water partition coefficient (Wildman–Crippen LogP) is 3.49. The molecule has 0 aliphatic heterocycles. The molecule has 2 aromatic rings. The van der Waals surface area contributed by atoms with Gasteiger partial charge in [-0.2, -0.15) is 9.97 Å². The normalized spacial score (nSPS) is 10.2. The van der Waals surface area contributed by atoms with E-state index < -0.39 is 0 Å². The van der Waals surface area contributed by atoms with Gasteiger partial charge in [0.1, 0.15) is 5.75 Å². The number of rotatable bonds is 7. The molecule has 0 saturated heterocycles. The Morgan fingerprint density at radius 3 is 2.43 bits per heavy atom. The van der Waals surface area contributed by atoms with E-state index in [0.29, 0.717) is 18.3 Å².